The zero-order valence-corrected chi connectivity index (χ0v) is 12.9. The molecule has 0 saturated heterocycles. The highest BCUT2D eigenvalue weighted by Gasteiger charge is 2.20. The first-order chi connectivity index (χ1) is 10.3. The molecule has 1 aromatic carbocycles. The summed E-state index contributed by atoms with van der Waals surface area (Å²) in [7, 11) is 0. The maximum absolute atomic E-state index is 11.2. The van der Waals surface area contributed by atoms with Crippen LogP contribution in [0, 0.1) is 16.5 Å². The number of nitrogens with zero attached hydrogens (tertiary/aromatic N) is 3. The molecule has 2 rings (SSSR count). The molecule has 6 nitrogen and oxygen atoms in total. The topological polar surface area (TPSA) is 86.0 Å². The van der Waals surface area contributed by atoms with Gasteiger partial charge in [-0.05, 0) is 48.4 Å². The molecule has 21 heavy (non-hydrogen) atoms. The molecule has 0 saturated carbocycles. The summed E-state index contributed by atoms with van der Waals surface area (Å²) >= 11 is 3.39. The molecule has 0 amide bonds. The number of hydrogen-bond donors (Lipinski definition) is 0. The Kier molecular flexibility index (Phi) is 5.58. The fourth-order valence-electron chi connectivity index (χ4n) is 1.80. The highest BCUT2D eigenvalue weighted by atomic mass is 79.9. The van der Waals surface area contributed by atoms with Crippen LogP contribution in [0.15, 0.2) is 28.9 Å². The quantitative estimate of drug-likeness (QED) is 0.434. The van der Waals surface area contributed by atoms with E-state index < -0.39 is 0 Å². The molecule has 0 aliphatic heterocycles. The second kappa shape index (κ2) is 7.64. The second-order valence-corrected chi connectivity index (χ2v) is 5.15. The maximum atomic E-state index is 11.2. The van der Waals surface area contributed by atoms with Crippen molar-refractivity contribution >= 4 is 15.9 Å². The van der Waals surface area contributed by atoms with Gasteiger partial charge in [-0.3, -0.25) is 4.63 Å². The molecule has 1 heterocycles. The van der Waals surface area contributed by atoms with Crippen LogP contribution >= 0.6 is 15.9 Å². The zero-order chi connectivity index (χ0) is 15.1. The molecule has 0 N–H and O–H groups in total. The summed E-state index contributed by atoms with van der Waals surface area (Å²) in [4.78, 5) is 0.101. The molecule has 2 aromatic rings. The van der Waals surface area contributed by atoms with Crippen molar-refractivity contribution < 1.29 is 14.3 Å². The lowest BCUT2D eigenvalue weighted by molar-refractivity contribution is -0.804. The van der Waals surface area contributed by atoms with E-state index in [2.05, 4.69) is 25.7 Å². The smallest absolute Gasteiger partial charge is 0.302 e. The van der Waals surface area contributed by atoms with Gasteiger partial charge < -0.3 is 9.94 Å². The number of unbranched alkanes of at least 4 members (excludes halogenated alkanes) is 2. The van der Waals surface area contributed by atoms with Gasteiger partial charge >= 0.3 is 5.69 Å². The third-order valence-corrected chi connectivity index (χ3v) is 3.45. The molecule has 0 unspecified atom stereocenters. The summed E-state index contributed by atoms with van der Waals surface area (Å²) in [6.45, 7) is 0.667. The van der Waals surface area contributed by atoms with Gasteiger partial charge in [0.15, 0.2) is 6.07 Å². The van der Waals surface area contributed by atoms with Gasteiger partial charge in [0.05, 0.1) is 6.61 Å². The summed E-state index contributed by atoms with van der Waals surface area (Å²) in [6, 6.07) is 8.82. The summed E-state index contributed by atoms with van der Waals surface area (Å²) in [5.74, 6) is 0.745. The Morgan fingerprint density at radius 3 is 2.71 bits per heavy atom. The van der Waals surface area contributed by atoms with Crippen molar-refractivity contribution in [2.24, 2.45) is 0 Å². The number of benzene rings is 1. The van der Waals surface area contributed by atoms with Gasteiger partial charge in [0, 0.05) is 16.1 Å². The number of alkyl halides is 1. The van der Waals surface area contributed by atoms with Gasteiger partial charge in [0.2, 0.25) is 0 Å². The number of hydrogen-bond acceptors (Lipinski definition) is 5. The molecule has 0 atom stereocenters. The van der Waals surface area contributed by atoms with E-state index in [1.54, 1.807) is 30.3 Å². The third kappa shape index (κ3) is 3.95. The van der Waals surface area contributed by atoms with Crippen LogP contribution in [-0.4, -0.2) is 17.1 Å². The molecule has 7 heteroatoms. The third-order valence-electron chi connectivity index (χ3n) is 2.89. The Balaban J connectivity index is 1.97. The molecule has 1 aromatic heterocycles. The molecule has 0 radical (unpaired) electrons. The van der Waals surface area contributed by atoms with Crippen LogP contribution in [-0.2, 0) is 0 Å². The van der Waals surface area contributed by atoms with Crippen LogP contribution in [0.2, 0.25) is 0 Å². The van der Waals surface area contributed by atoms with Crippen molar-refractivity contribution in [2.45, 2.75) is 19.3 Å². The summed E-state index contributed by atoms with van der Waals surface area (Å²) in [6.07, 6.45) is 3.27. The highest BCUT2D eigenvalue weighted by molar-refractivity contribution is 9.09. The number of nitriles is 1. The minimum absolute atomic E-state index is 0.101. The largest absolute Gasteiger partial charge is 0.494 e. The summed E-state index contributed by atoms with van der Waals surface area (Å²) < 4.78 is 10.0. The normalized spacial score (nSPS) is 10.3. The average molecular weight is 352 g/mol. The first-order valence-corrected chi connectivity index (χ1v) is 7.67. The maximum Gasteiger partial charge on any atom is 0.302 e. The lowest BCUT2D eigenvalue weighted by Gasteiger charge is -2.05. The first-order valence-electron chi connectivity index (χ1n) is 6.55. The van der Waals surface area contributed by atoms with Crippen molar-refractivity contribution in [3.05, 3.63) is 35.2 Å². The van der Waals surface area contributed by atoms with Crippen LogP contribution < -0.4 is 9.64 Å². The van der Waals surface area contributed by atoms with E-state index in [4.69, 9.17) is 10.00 Å². The lowest BCUT2D eigenvalue weighted by atomic mass is 10.1. The van der Waals surface area contributed by atoms with Gasteiger partial charge in [-0.2, -0.15) is 5.26 Å². The number of ether oxygens (including phenoxy) is 1. The standard InChI is InChI=1S/C14H14BrN3O3/c15-8-2-1-3-9-20-12-6-4-11(5-7-12)14-13(10-16)18(19)21-17-14/h4-7H,1-3,8-9H2. The Bertz CT molecular complexity index is 619. The fourth-order valence-corrected chi connectivity index (χ4v) is 2.20. The molecular weight excluding hydrogens is 338 g/mol. The Hall–Kier alpha value is -2.07. The molecule has 0 fully saturated rings. The molecule has 0 aliphatic carbocycles. The van der Waals surface area contributed by atoms with Crippen molar-refractivity contribution in [1.29, 1.82) is 5.26 Å². The SMILES string of the molecule is N#Cc1c(-c2ccc(OCCCCCBr)cc2)no[n+]1[O-]. The van der Waals surface area contributed by atoms with E-state index in [-0.39, 0.29) is 16.3 Å². The van der Waals surface area contributed by atoms with E-state index in [9.17, 15) is 5.21 Å². The number of rotatable bonds is 7. The zero-order valence-electron chi connectivity index (χ0n) is 11.3. The van der Waals surface area contributed by atoms with Gasteiger partial charge in [-0.15, -0.1) is 0 Å². The lowest BCUT2D eigenvalue weighted by Crippen LogP contribution is -2.26. The van der Waals surface area contributed by atoms with Gasteiger partial charge in [-0.25, -0.2) is 0 Å². The Labute approximate surface area is 130 Å². The molecule has 0 spiro atoms. The monoisotopic (exact) mass is 351 g/mol. The Morgan fingerprint density at radius 1 is 1.29 bits per heavy atom. The van der Waals surface area contributed by atoms with Crippen molar-refractivity contribution in [1.82, 2.24) is 5.16 Å². The van der Waals surface area contributed by atoms with Gasteiger partial charge in [-0.1, -0.05) is 15.9 Å². The fraction of sp³-hybridized carbons (Fsp3) is 0.357. The van der Waals surface area contributed by atoms with E-state index in [0.717, 1.165) is 30.3 Å². The van der Waals surface area contributed by atoms with E-state index in [1.165, 1.54) is 0 Å². The van der Waals surface area contributed by atoms with Crippen molar-refractivity contribution in [3.63, 3.8) is 0 Å². The summed E-state index contributed by atoms with van der Waals surface area (Å²) in [5, 5.41) is 24.7. The van der Waals surface area contributed by atoms with E-state index in [0.29, 0.717) is 12.2 Å². The minimum Gasteiger partial charge on any atom is -0.494 e. The predicted molar refractivity (Wildman–Crippen MR) is 78.8 cm³/mol. The predicted octanol–water partition coefficient (Wildman–Crippen LogP) is 2.79. The van der Waals surface area contributed by atoms with Crippen LogP contribution in [0.25, 0.3) is 11.3 Å². The molecular formula is C14H14BrN3O3. The van der Waals surface area contributed by atoms with Gasteiger partial charge in [0.1, 0.15) is 5.75 Å². The van der Waals surface area contributed by atoms with E-state index in [1.807, 2.05) is 0 Å². The van der Waals surface area contributed by atoms with Crippen LogP contribution in [0.3, 0.4) is 0 Å². The molecule has 0 aliphatic rings. The average Bonchev–Trinajstić information content (AvgIpc) is 2.88. The minimum atomic E-state index is -0.154. The van der Waals surface area contributed by atoms with Crippen LogP contribution in [0.4, 0.5) is 0 Å². The van der Waals surface area contributed by atoms with E-state index >= 15 is 0 Å². The van der Waals surface area contributed by atoms with Crippen LogP contribution in [0.1, 0.15) is 25.0 Å². The number of halogens is 1. The Morgan fingerprint density at radius 2 is 2.05 bits per heavy atom. The first kappa shape index (κ1) is 15.3. The van der Waals surface area contributed by atoms with Crippen molar-refractivity contribution in [2.75, 3.05) is 11.9 Å². The van der Waals surface area contributed by atoms with Gasteiger partial charge in [0.25, 0.3) is 5.69 Å². The van der Waals surface area contributed by atoms with Crippen molar-refractivity contribution in [3.8, 4) is 23.1 Å². The summed E-state index contributed by atoms with van der Waals surface area (Å²) in [5.41, 5.74) is 0.714. The second-order valence-electron chi connectivity index (χ2n) is 4.36. The molecule has 0 bridgehead atoms. The molecule has 110 valence electrons. The number of aromatic nitrogens is 2. The highest BCUT2D eigenvalue weighted by Crippen LogP contribution is 2.22. The van der Waals surface area contributed by atoms with Crippen LogP contribution in [0.5, 0.6) is 5.75 Å².